The second-order valence-corrected chi connectivity index (χ2v) is 4.86. The van der Waals surface area contributed by atoms with E-state index in [4.69, 9.17) is 5.26 Å². The zero-order valence-corrected chi connectivity index (χ0v) is 10.7. The summed E-state index contributed by atoms with van der Waals surface area (Å²) in [6.07, 6.45) is 2.97. The summed E-state index contributed by atoms with van der Waals surface area (Å²) in [5.41, 5.74) is 2.99. The number of anilines is 1. The fourth-order valence-corrected chi connectivity index (χ4v) is 2.63. The lowest BCUT2D eigenvalue weighted by Gasteiger charge is -2.18. The van der Waals surface area contributed by atoms with E-state index in [2.05, 4.69) is 40.2 Å². The summed E-state index contributed by atoms with van der Waals surface area (Å²) in [5.74, 6) is 0.594. The van der Waals surface area contributed by atoms with Crippen LogP contribution < -0.4 is 4.90 Å². The van der Waals surface area contributed by atoms with Crippen LogP contribution in [0.25, 0.3) is 0 Å². The number of pyridine rings is 1. The van der Waals surface area contributed by atoms with Gasteiger partial charge in [0.05, 0.1) is 11.9 Å². The van der Waals surface area contributed by atoms with E-state index < -0.39 is 0 Å². The number of hydrogen-bond donors (Lipinski definition) is 0. The summed E-state index contributed by atoms with van der Waals surface area (Å²) >= 11 is 0. The zero-order valence-electron chi connectivity index (χ0n) is 10.7. The highest BCUT2D eigenvalue weighted by atomic mass is 15.2. The predicted molar refractivity (Wildman–Crippen MR) is 75.0 cm³/mol. The molecule has 1 atom stereocenters. The van der Waals surface area contributed by atoms with Crippen LogP contribution in [0.5, 0.6) is 0 Å². The fourth-order valence-electron chi connectivity index (χ4n) is 2.63. The lowest BCUT2D eigenvalue weighted by atomic mass is 9.99. The Kier molecular flexibility index (Phi) is 3.16. The molecule has 0 bridgehead atoms. The molecule has 1 fully saturated rings. The lowest BCUT2D eigenvalue weighted by Crippen LogP contribution is -2.19. The van der Waals surface area contributed by atoms with Crippen molar-refractivity contribution >= 4 is 5.69 Å². The molecule has 3 rings (SSSR count). The summed E-state index contributed by atoms with van der Waals surface area (Å²) in [5, 5.41) is 8.76. The third-order valence-corrected chi connectivity index (χ3v) is 3.69. The maximum atomic E-state index is 8.76. The lowest BCUT2D eigenvalue weighted by molar-refractivity contribution is 0.775. The molecule has 3 nitrogen and oxygen atoms in total. The third-order valence-electron chi connectivity index (χ3n) is 3.69. The van der Waals surface area contributed by atoms with Crippen LogP contribution in [-0.2, 0) is 0 Å². The Morgan fingerprint density at radius 2 is 2.00 bits per heavy atom. The van der Waals surface area contributed by atoms with Gasteiger partial charge in [0.25, 0.3) is 0 Å². The van der Waals surface area contributed by atoms with Gasteiger partial charge in [-0.05, 0) is 24.1 Å². The van der Waals surface area contributed by atoms with E-state index in [0.717, 1.165) is 18.8 Å². The third kappa shape index (κ3) is 2.43. The zero-order chi connectivity index (χ0) is 13.1. The Morgan fingerprint density at radius 3 is 2.68 bits per heavy atom. The van der Waals surface area contributed by atoms with Gasteiger partial charge in [-0.15, -0.1) is 0 Å². The molecule has 0 aliphatic carbocycles. The quantitative estimate of drug-likeness (QED) is 0.821. The first-order valence-electron chi connectivity index (χ1n) is 6.53. The monoisotopic (exact) mass is 249 g/mol. The van der Waals surface area contributed by atoms with Crippen molar-refractivity contribution in [2.24, 2.45) is 0 Å². The first-order chi connectivity index (χ1) is 9.36. The Morgan fingerprint density at radius 1 is 1.16 bits per heavy atom. The van der Waals surface area contributed by atoms with Gasteiger partial charge in [0, 0.05) is 19.0 Å². The van der Waals surface area contributed by atoms with Crippen LogP contribution in [-0.4, -0.2) is 18.1 Å². The predicted octanol–water partition coefficient (Wildman–Crippen LogP) is 2.95. The van der Waals surface area contributed by atoms with Gasteiger partial charge >= 0.3 is 0 Å². The van der Waals surface area contributed by atoms with E-state index in [9.17, 15) is 0 Å². The molecule has 1 aromatic heterocycles. The first kappa shape index (κ1) is 11.7. The number of benzene rings is 1. The van der Waals surface area contributed by atoms with Crippen molar-refractivity contribution < 1.29 is 0 Å². The van der Waals surface area contributed by atoms with Crippen molar-refractivity contribution in [3.05, 3.63) is 59.9 Å². The van der Waals surface area contributed by atoms with Crippen LogP contribution in [0, 0.1) is 11.3 Å². The van der Waals surface area contributed by atoms with E-state index in [1.807, 2.05) is 12.1 Å². The minimum absolute atomic E-state index is 0.475. The maximum absolute atomic E-state index is 8.76. The fraction of sp³-hybridized carbons (Fsp3) is 0.250. The van der Waals surface area contributed by atoms with E-state index in [1.54, 1.807) is 12.3 Å². The summed E-state index contributed by atoms with van der Waals surface area (Å²) in [6.45, 7) is 2.07. The molecule has 1 saturated heterocycles. The van der Waals surface area contributed by atoms with E-state index >= 15 is 0 Å². The minimum Gasteiger partial charge on any atom is -0.370 e. The van der Waals surface area contributed by atoms with Gasteiger partial charge in [-0.25, -0.2) is 4.98 Å². The van der Waals surface area contributed by atoms with Crippen LogP contribution >= 0.6 is 0 Å². The highest BCUT2D eigenvalue weighted by Gasteiger charge is 2.23. The van der Waals surface area contributed by atoms with Crippen molar-refractivity contribution in [2.45, 2.75) is 12.3 Å². The van der Waals surface area contributed by atoms with Gasteiger partial charge < -0.3 is 4.90 Å². The SMILES string of the molecule is N#Cc1ccc(N2CCC(c3ccccc3)C2)cn1. The van der Waals surface area contributed by atoms with E-state index in [-0.39, 0.29) is 0 Å². The molecule has 1 unspecified atom stereocenters. The minimum atomic E-state index is 0.475. The Labute approximate surface area is 113 Å². The van der Waals surface area contributed by atoms with Crippen molar-refractivity contribution in [3.63, 3.8) is 0 Å². The van der Waals surface area contributed by atoms with Crippen molar-refractivity contribution in [3.8, 4) is 6.07 Å². The van der Waals surface area contributed by atoms with Crippen LogP contribution in [0.1, 0.15) is 23.6 Å². The molecule has 0 radical (unpaired) electrons. The molecule has 1 aliphatic rings. The van der Waals surface area contributed by atoms with E-state index in [0.29, 0.717) is 11.6 Å². The van der Waals surface area contributed by atoms with Gasteiger partial charge in [0.1, 0.15) is 11.8 Å². The number of aromatic nitrogens is 1. The second-order valence-electron chi connectivity index (χ2n) is 4.86. The van der Waals surface area contributed by atoms with E-state index in [1.165, 1.54) is 12.0 Å². The van der Waals surface area contributed by atoms with Gasteiger partial charge in [0.2, 0.25) is 0 Å². The second kappa shape index (κ2) is 5.11. The number of rotatable bonds is 2. The molecular formula is C16H15N3. The van der Waals surface area contributed by atoms with Gasteiger partial charge in [-0.2, -0.15) is 5.26 Å². The highest BCUT2D eigenvalue weighted by Crippen LogP contribution is 2.30. The van der Waals surface area contributed by atoms with Crippen molar-refractivity contribution in [1.29, 1.82) is 5.26 Å². The summed E-state index contributed by atoms with van der Waals surface area (Å²) in [7, 11) is 0. The van der Waals surface area contributed by atoms with Gasteiger partial charge in [-0.1, -0.05) is 30.3 Å². The van der Waals surface area contributed by atoms with Crippen LogP contribution in [0.2, 0.25) is 0 Å². The van der Waals surface area contributed by atoms with Gasteiger partial charge in [-0.3, -0.25) is 0 Å². The van der Waals surface area contributed by atoms with Crippen LogP contribution in [0.4, 0.5) is 5.69 Å². The Bertz CT molecular complexity index is 584. The summed E-state index contributed by atoms with van der Waals surface area (Å²) in [4.78, 5) is 6.48. The first-order valence-corrected chi connectivity index (χ1v) is 6.53. The van der Waals surface area contributed by atoms with Gasteiger partial charge in [0.15, 0.2) is 0 Å². The highest BCUT2D eigenvalue weighted by molar-refractivity contribution is 5.48. The number of hydrogen-bond acceptors (Lipinski definition) is 3. The summed E-state index contributed by atoms with van der Waals surface area (Å²) < 4.78 is 0. The molecule has 0 N–H and O–H groups in total. The molecular weight excluding hydrogens is 234 g/mol. The normalized spacial score (nSPS) is 18.3. The molecule has 0 saturated carbocycles. The van der Waals surface area contributed by atoms with Crippen molar-refractivity contribution in [1.82, 2.24) is 4.98 Å². The molecule has 2 heterocycles. The molecule has 1 aliphatic heterocycles. The standard InChI is InChI=1S/C16H15N3/c17-10-15-6-7-16(11-18-15)19-9-8-14(12-19)13-4-2-1-3-5-13/h1-7,11,14H,8-9,12H2. The van der Waals surface area contributed by atoms with Crippen LogP contribution in [0.15, 0.2) is 48.7 Å². The molecule has 3 heteroatoms. The number of nitrogens with zero attached hydrogens (tertiary/aromatic N) is 3. The summed E-state index contributed by atoms with van der Waals surface area (Å²) in [6, 6.07) is 16.5. The van der Waals surface area contributed by atoms with Crippen molar-refractivity contribution in [2.75, 3.05) is 18.0 Å². The molecule has 94 valence electrons. The average molecular weight is 249 g/mol. The molecule has 0 amide bonds. The maximum Gasteiger partial charge on any atom is 0.140 e. The molecule has 1 aromatic carbocycles. The smallest absolute Gasteiger partial charge is 0.140 e. The molecule has 2 aromatic rings. The Balaban J connectivity index is 1.73. The Hall–Kier alpha value is -2.34. The average Bonchev–Trinajstić information content (AvgIpc) is 2.98. The molecule has 19 heavy (non-hydrogen) atoms. The largest absolute Gasteiger partial charge is 0.370 e. The molecule has 0 spiro atoms. The number of nitriles is 1. The topological polar surface area (TPSA) is 39.9 Å². The van der Waals surface area contributed by atoms with Crippen LogP contribution in [0.3, 0.4) is 0 Å².